The molecule has 2 radical (unpaired) electrons. The molecule has 0 saturated carbocycles. The van der Waals surface area contributed by atoms with E-state index in [0.717, 1.165) is 24.3 Å². The molecule has 98 valence electrons. The number of rotatable bonds is 8. The van der Waals surface area contributed by atoms with Crippen molar-refractivity contribution in [2.24, 2.45) is 0 Å². The van der Waals surface area contributed by atoms with E-state index >= 15 is 0 Å². The van der Waals surface area contributed by atoms with E-state index in [-0.39, 0.29) is 6.10 Å². The van der Waals surface area contributed by atoms with Crippen molar-refractivity contribution in [3.63, 3.8) is 0 Å². The van der Waals surface area contributed by atoms with Gasteiger partial charge in [0.2, 0.25) is 0 Å². The van der Waals surface area contributed by atoms with Crippen LogP contribution >= 0.6 is 0 Å². The van der Waals surface area contributed by atoms with Gasteiger partial charge in [0.1, 0.15) is 5.75 Å². The van der Waals surface area contributed by atoms with Gasteiger partial charge in [-0.05, 0) is 31.5 Å². The number of hydrogen-bond donors (Lipinski definition) is 0. The molecule has 0 spiro atoms. The van der Waals surface area contributed by atoms with E-state index in [9.17, 15) is 0 Å². The summed E-state index contributed by atoms with van der Waals surface area (Å²) in [6.07, 6.45) is 3.15. The standard InChI is InChI=1S/C15H22O2Si/c1-5-13-9-8-10-14(11-13)17-18-15(6-2)12(4)16-7-3/h5,8-12,15H,1,6-7H2,2-4H3. The summed E-state index contributed by atoms with van der Waals surface area (Å²) in [4.78, 5) is 0. The van der Waals surface area contributed by atoms with Gasteiger partial charge in [0.05, 0.1) is 6.10 Å². The highest BCUT2D eigenvalue weighted by Gasteiger charge is 2.19. The Labute approximate surface area is 113 Å². The van der Waals surface area contributed by atoms with Gasteiger partial charge in [0, 0.05) is 12.1 Å². The first-order valence-corrected chi connectivity index (χ1v) is 7.46. The smallest absolute Gasteiger partial charge is 0.316 e. The summed E-state index contributed by atoms with van der Waals surface area (Å²) in [6, 6.07) is 8.00. The molecule has 0 aliphatic rings. The molecule has 0 aromatic heterocycles. The van der Waals surface area contributed by atoms with Crippen molar-refractivity contribution in [3.8, 4) is 5.75 Å². The van der Waals surface area contributed by atoms with Crippen molar-refractivity contribution in [1.29, 1.82) is 0 Å². The lowest BCUT2D eigenvalue weighted by atomic mass is 10.2. The van der Waals surface area contributed by atoms with E-state index in [0.29, 0.717) is 15.3 Å². The third kappa shape index (κ3) is 4.67. The third-order valence-electron chi connectivity index (χ3n) is 2.86. The molecular formula is C15H22O2Si. The van der Waals surface area contributed by atoms with E-state index in [1.54, 1.807) is 0 Å². The Morgan fingerprint density at radius 2 is 2.17 bits per heavy atom. The van der Waals surface area contributed by atoms with Gasteiger partial charge >= 0.3 is 9.76 Å². The maximum Gasteiger partial charge on any atom is 0.316 e. The van der Waals surface area contributed by atoms with Crippen LogP contribution in [0.3, 0.4) is 0 Å². The van der Waals surface area contributed by atoms with Gasteiger partial charge in [-0.15, -0.1) is 0 Å². The molecule has 2 unspecified atom stereocenters. The molecule has 0 aliphatic heterocycles. The van der Waals surface area contributed by atoms with Crippen molar-refractivity contribution < 1.29 is 9.16 Å². The van der Waals surface area contributed by atoms with Crippen LogP contribution in [-0.2, 0) is 4.74 Å². The molecule has 2 atom stereocenters. The first-order chi connectivity index (χ1) is 8.71. The molecule has 0 bridgehead atoms. The molecule has 2 nitrogen and oxygen atoms in total. The molecular weight excluding hydrogens is 240 g/mol. The largest absolute Gasteiger partial charge is 0.540 e. The monoisotopic (exact) mass is 262 g/mol. The van der Waals surface area contributed by atoms with E-state index in [1.807, 2.05) is 37.3 Å². The van der Waals surface area contributed by atoms with Crippen LogP contribution < -0.4 is 4.43 Å². The fourth-order valence-corrected chi connectivity index (χ4v) is 2.61. The number of benzene rings is 1. The first kappa shape index (κ1) is 15.0. The Kier molecular flexibility index (Phi) is 6.76. The molecule has 0 saturated heterocycles. The highest BCUT2D eigenvalue weighted by molar-refractivity contribution is 6.31. The summed E-state index contributed by atoms with van der Waals surface area (Å²) in [6.45, 7) is 10.8. The third-order valence-corrected chi connectivity index (χ3v) is 4.39. The second kappa shape index (κ2) is 8.11. The van der Waals surface area contributed by atoms with E-state index in [1.165, 1.54) is 0 Å². The van der Waals surface area contributed by atoms with Crippen LogP contribution in [-0.4, -0.2) is 22.5 Å². The van der Waals surface area contributed by atoms with Gasteiger partial charge in [-0.25, -0.2) is 0 Å². The molecule has 0 amide bonds. The summed E-state index contributed by atoms with van der Waals surface area (Å²) in [5.74, 6) is 0.910. The van der Waals surface area contributed by atoms with Crippen molar-refractivity contribution in [3.05, 3.63) is 36.4 Å². The van der Waals surface area contributed by atoms with Crippen molar-refractivity contribution in [2.45, 2.75) is 38.8 Å². The zero-order valence-electron chi connectivity index (χ0n) is 11.5. The lowest BCUT2D eigenvalue weighted by Gasteiger charge is -2.21. The fraction of sp³-hybridized carbons (Fsp3) is 0.467. The van der Waals surface area contributed by atoms with Gasteiger partial charge in [0.15, 0.2) is 0 Å². The minimum absolute atomic E-state index is 0.251. The molecule has 18 heavy (non-hydrogen) atoms. The average Bonchev–Trinajstić information content (AvgIpc) is 2.40. The van der Waals surface area contributed by atoms with Gasteiger partial charge in [-0.3, -0.25) is 0 Å². The Bertz CT molecular complexity index is 365. The quantitative estimate of drug-likeness (QED) is 0.660. The maximum absolute atomic E-state index is 5.87. The number of hydrogen-bond acceptors (Lipinski definition) is 2. The molecule has 1 aromatic carbocycles. The SMILES string of the molecule is C=Cc1cccc(O[Si]C(CC)C(C)OCC)c1. The zero-order valence-corrected chi connectivity index (χ0v) is 12.5. The van der Waals surface area contributed by atoms with Crippen molar-refractivity contribution in [2.75, 3.05) is 6.61 Å². The van der Waals surface area contributed by atoms with Crippen molar-refractivity contribution in [1.82, 2.24) is 0 Å². The zero-order chi connectivity index (χ0) is 13.4. The molecule has 3 heteroatoms. The van der Waals surface area contributed by atoms with Crippen LogP contribution in [0.4, 0.5) is 0 Å². The lowest BCUT2D eigenvalue weighted by Crippen LogP contribution is -2.23. The van der Waals surface area contributed by atoms with Crippen LogP contribution in [0.5, 0.6) is 5.75 Å². The molecule has 1 aromatic rings. The van der Waals surface area contributed by atoms with E-state index < -0.39 is 0 Å². The van der Waals surface area contributed by atoms with Crippen LogP contribution in [0.25, 0.3) is 6.08 Å². The van der Waals surface area contributed by atoms with E-state index in [4.69, 9.17) is 9.16 Å². The molecule has 0 heterocycles. The fourth-order valence-electron chi connectivity index (χ4n) is 1.74. The van der Waals surface area contributed by atoms with Crippen LogP contribution in [0, 0.1) is 0 Å². The second-order valence-corrected chi connectivity index (χ2v) is 5.35. The summed E-state index contributed by atoms with van der Waals surface area (Å²) < 4.78 is 11.5. The highest BCUT2D eigenvalue weighted by Crippen LogP contribution is 2.20. The predicted octanol–water partition coefficient (Wildman–Crippen LogP) is 3.95. The molecule has 0 fully saturated rings. The van der Waals surface area contributed by atoms with Crippen molar-refractivity contribution >= 4 is 15.8 Å². The molecule has 0 aliphatic carbocycles. The Morgan fingerprint density at radius 3 is 2.78 bits per heavy atom. The van der Waals surface area contributed by atoms with Gasteiger partial charge in [-0.1, -0.05) is 38.1 Å². The molecule has 0 N–H and O–H groups in total. The first-order valence-electron chi connectivity index (χ1n) is 6.47. The summed E-state index contributed by atoms with van der Waals surface area (Å²) >= 11 is 0. The van der Waals surface area contributed by atoms with E-state index in [2.05, 4.69) is 20.4 Å². The summed E-state index contributed by atoms with van der Waals surface area (Å²) in [5.41, 5.74) is 1.54. The highest BCUT2D eigenvalue weighted by atomic mass is 28.2. The number of ether oxygens (including phenoxy) is 1. The van der Waals surface area contributed by atoms with Crippen LogP contribution in [0.2, 0.25) is 5.54 Å². The predicted molar refractivity (Wildman–Crippen MR) is 78.0 cm³/mol. The van der Waals surface area contributed by atoms with Gasteiger partial charge < -0.3 is 9.16 Å². The van der Waals surface area contributed by atoms with Gasteiger partial charge in [-0.2, -0.15) is 0 Å². The minimum Gasteiger partial charge on any atom is -0.540 e. The minimum atomic E-state index is 0.251. The Hall–Kier alpha value is -1.06. The summed E-state index contributed by atoms with van der Waals surface area (Å²) in [7, 11) is 0.429. The van der Waals surface area contributed by atoms with Crippen LogP contribution in [0.1, 0.15) is 32.8 Å². The van der Waals surface area contributed by atoms with Crippen LogP contribution in [0.15, 0.2) is 30.8 Å². The summed E-state index contributed by atoms with van der Waals surface area (Å²) in [5, 5.41) is 0. The Balaban J connectivity index is 2.53. The molecule has 1 rings (SSSR count). The normalized spacial score (nSPS) is 13.9. The second-order valence-electron chi connectivity index (χ2n) is 4.17. The average molecular weight is 262 g/mol. The topological polar surface area (TPSA) is 18.5 Å². The Morgan fingerprint density at radius 1 is 1.39 bits per heavy atom. The van der Waals surface area contributed by atoms with Gasteiger partial charge in [0.25, 0.3) is 0 Å². The maximum atomic E-state index is 5.87. The lowest BCUT2D eigenvalue weighted by molar-refractivity contribution is 0.0681.